The molecule has 12 heavy (non-hydrogen) atoms. The van der Waals surface area contributed by atoms with Crippen LogP contribution in [-0.4, -0.2) is 23.1 Å². The fourth-order valence-corrected chi connectivity index (χ4v) is 1.53. The quantitative estimate of drug-likeness (QED) is 0.741. The van der Waals surface area contributed by atoms with Crippen LogP contribution in [0.3, 0.4) is 0 Å². The zero-order chi connectivity index (χ0) is 8.97. The van der Waals surface area contributed by atoms with Crippen molar-refractivity contribution in [3.63, 3.8) is 0 Å². The third-order valence-corrected chi connectivity index (χ3v) is 2.43. The third-order valence-electron chi connectivity index (χ3n) is 1.35. The van der Waals surface area contributed by atoms with Gasteiger partial charge in [0.25, 0.3) is 0 Å². The molecule has 0 spiro atoms. The van der Waals surface area contributed by atoms with Crippen LogP contribution < -0.4 is 5.32 Å². The van der Waals surface area contributed by atoms with E-state index in [1.807, 2.05) is 0 Å². The molecule has 0 aromatic carbocycles. The summed E-state index contributed by atoms with van der Waals surface area (Å²) in [5.41, 5.74) is 0. The number of hydrogen-bond acceptors (Lipinski definition) is 4. The van der Waals surface area contributed by atoms with Crippen molar-refractivity contribution < 1.29 is 9.90 Å². The van der Waals surface area contributed by atoms with E-state index in [-0.39, 0.29) is 6.42 Å². The molecule has 0 saturated heterocycles. The number of nitrogens with zero attached hydrogens (tertiary/aromatic N) is 1. The van der Waals surface area contributed by atoms with E-state index in [4.69, 9.17) is 5.11 Å². The smallest absolute Gasteiger partial charge is 0.303 e. The van der Waals surface area contributed by atoms with Crippen LogP contribution in [0.5, 0.6) is 0 Å². The van der Waals surface area contributed by atoms with Crippen LogP contribution in [0.1, 0.15) is 11.3 Å². The van der Waals surface area contributed by atoms with E-state index in [2.05, 4.69) is 10.3 Å². The highest BCUT2D eigenvalue weighted by molar-refractivity contribution is 7.15. The minimum absolute atomic E-state index is 0.172. The molecule has 1 aromatic heterocycles. The van der Waals surface area contributed by atoms with Crippen molar-refractivity contribution in [1.82, 2.24) is 4.98 Å². The molecule has 1 rings (SSSR count). The highest BCUT2D eigenvalue weighted by Gasteiger charge is 2.02. The Kier molecular flexibility index (Phi) is 3.04. The molecular formula is C7H10N2O2S. The van der Waals surface area contributed by atoms with E-state index in [0.717, 1.165) is 10.0 Å². The Balaban J connectivity index is 2.47. The van der Waals surface area contributed by atoms with Crippen molar-refractivity contribution in [2.45, 2.75) is 12.8 Å². The van der Waals surface area contributed by atoms with Crippen LogP contribution in [0.2, 0.25) is 0 Å². The highest BCUT2D eigenvalue weighted by atomic mass is 32.1. The summed E-state index contributed by atoms with van der Waals surface area (Å²) in [6.45, 7) is 0. The second-order valence-electron chi connectivity index (χ2n) is 2.28. The number of carbonyl (C=O) groups is 1. The Bertz CT molecular complexity index is 272. The maximum atomic E-state index is 10.2. The Morgan fingerprint density at radius 3 is 3.08 bits per heavy atom. The summed E-state index contributed by atoms with van der Waals surface area (Å²) in [6, 6.07) is 0. The second-order valence-corrected chi connectivity index (χ2v) is 3.39. The van der Waals surface area contributed by atoms with Crippen LogP contribution >= 0.6 is 11.3 Å². The zero-order valence-electron chi connectivity index (χ0n) is 6.70. The first-order valence-electron chi connectivity index (χ1n) is 3.56. The topological polar surface area (TPSA) is 62.2 Å². The Morgan fingerprint density at radius 1 is 1.83 bits per heavy atom. The molecule has 0 aliphatic rings. The lowest BCUT2D eigenvalue weighted by molar-refractivity contribution is -0.136. The van der Waals surface area contributed by atoms with Crippen LogP contribution in [-0.2, 0) is 11.2 Å². The third kappa shape index (κ3) is 2.50. The van der Waals surface area contributed by atoms with E-state index in [9.17, 15) is 4.79 Å². The summed E-state index contributed by atoms with van der Waals surface area (Å²) >= 11 is 1.49. The van der Waals surface area contributed by atoms with Crippen molar-refractivity contribution in [3.05, 3.63) is 11.1 Å². The molecule has 0 fully saturated rings. The van der Waals surface area contributed by atoms with Crippen LogP contribution in [0.15, 0.2) is 6.20 Å². The van der Waals surface area contributed by atoms with Crippen LogP contribution in [0.25, 0.3) is 0 Å². The second kappa shape index (κ2) is 4.06. The lowest BCUT2D eigenvalue weighted by atomic mass is 10.3. The fourth-order valence-electron chi connectivity index (χ4n) is 0.769. The largest absolute Gasteiger partial charge is 0.481 e. The van der Waals surface area contributed by atoms with E-state index in [1.54, 1.807) is 13.2 Å². The van der Waals surface area contributed by atoms with Gasteiger partial charge in [0.15, 0.2) is 5.13 Å². The Morgan fingerprint density at radius 2 is 2.58 bits per heavy atom. The monoisotopic (exact) mass is 186 g/mol. The highest BCUT2D eigenvalue weighted by Crippen LogP contribution is 2.18. The van der Waals surface area contributed by atoms with Gasteiger partial charge in [-0.05, 0) is 6.42 Å². The molecule has 1 aromatic rings. The lowest BCUT2D eigenvalue weighted by Crippen LogP contribution is -1.95. The van der Waals surface area contributed by atoms with Gasteiger partial charge in [0.2, 0.25) is 0 Å². The predicted molar refractivity (Wildman–Crippen MR) is 47.6 cm³/mol. The molecule has 0 atom stereocenters. The first-order valence-corrected chi connectivity index (χ1v) is 4.38. The molecule has 0 unspecified atom stereocenters. The number of rotatable bonds is 4. The van der Waals surface area contributed by atoms with Gasteiger partial charge in [-0.15, -0.1) is 11.3 Å². The van der Waals surface area contributed by atoms with Crippen molar-refractivity contribution in [2.75, 3.05) is 12.4 Å². The van der Waals surface area contributed by atoms with Crippen LogP contribution in [0, 0.1) is 0 Å². The number of aryl methyl sites for hydroxylation is 1. The maximum absolute atomic E-state index is 10.2. The SMILES string of the molecule is CNc1ncc(CCC(=O)O)s1. The first-order chi connectivity index (χ1) is 5.72. The summed E-state index contributed by atoms with van der Waals surface area (Å²) in [4.78, 5) is 15.2. The van der Waals surface area contributed by atoms with E-state index < -0.39 is 5.97 Å². The number of anilines is 1. The maximum Gasteiger partial charge on any atom is 0.303 e. The predicted octanol–water partition coefficient (Wildman–Crippen LogP) is 1.20. The summed E-state index contributed by atoms with van der Waals surface area (Å²) in [7, 11) is 1.79. The van der Waals surface area contributed by atoms with E-state index in [1.165, 1.54) is 11.3 Å². The standard InChI is InChI=1S/C7H10N2O2S/c1-8-7-9-4-5(12-7)2-3-6(10)11/h4H,2-3H2,1H3,(H,8,9)(H,10,11). The number of carboxylic acid groups (broad SMARTS) is 1. The number of carboxylic acids is 1. The lowest BCUT2D eigenvalue weighted by Gasteiger charge is -1.90. The molecule has 0 amide bonds. The summed E-state index contributed by atoms with van der Waals surface area (Å²) in [5, 5.41) is 12.1. The first kappa shape index (κ1) is 8.99. The molecule has 0 radical (unpaired) electrons. The van der Waals surface area contributed by atoms with Gasteiger partial charge in [-0.2, -0.15) is 0 Å². The van der Waals surface area contributed by atoms with E-state index in [0.29, 0.717) is 6.42 Å². The normalized spacial score (nSPS) is 9.75. The minimum atomic E-state index is -0.769. The molecule has 0 aliphatic carbocycles. The molecule has 0 bridgehead atoms. The number of aromatic nitrogens is 1. The summed E-state index contributed by atoms with van der Waals surface area (Å²) in [6.07, 6.45) is 2.44. The van der Waals surface area contributed by atoms with Crippen molar-refractivity contribution >= 4 is 22.4 Å². The Labute approximate surface area is 74.3 Å². The molecule has 0 saturated carbocycles. The molecule has 0 aliphatic heterocycles. The molecule has 4 nitrogen and oxygen atoms in total. The van der Waals surface area contributed by atoms with Gasteiger partial charge in [0.05, 0.1) is 6.42 Å². The summed E-state index contributed by atoms with van der Waals surface area (Å²) < 4.78 is 0. The number of thiazole rings is 1. The van der Waals surface area contributed by atoms with Gasteiger partial charge >= 0.3 is 5.97 Å². The average molecular weight is 186 g/mol. The van der Waals surface area contributed by atoms with Crippen molar-refractivity contribution in [1.29, 1.82) is 0 Å². The van der Waals surface area contributed by atoms with Crippen molar-refractivity contribution in [3.8, 4) is 0 Å². The van der Waals surface area contributed by atoms with Gasteiger partial charge in [-0.1, -0.05) is 0 Å². The minimum Gasteiger partial charge on any atom is -0.481 e. The fraction of sp³-hybridized carbons (Fsp3) is 0.429. The molecule has 1 heterocycles. The van der Waals surface area contributed by atoms with Gasteiger partial charge in [0, 0.05) is 18.1 Å². The molecule has 2 N–H and O–H groups in total. The van der Waals surface area contributed by atoms with Gasteiger partial charge in [-0.3, -0.25) is 4.79 Å². The molecule has 66 valence electrons. The molecular weight excluding hydrogens is 176 g/mol. The van der Waals surface area contributed by atoms with E-state index >= 15 is 0 Å². The number of nitrogens with one attached hydrogen (secondary N) is 1. The van der Waals surface area contributed by atoms with Gasteiger partial charge in [-0.25, -0.2) is 4.98 Å². The average Bonchev–Trinajstić information content (AvgIpc) is 2.48. The van der Waals surface area contributed by atoms with Crippen LogP contribution in [0.4, 0.5) is 5.13 Å². The summed E-state index contributed by atoms with van der Waals surface area (Å²) in [5.74, 6) is -0.769. The van der Waals surface area contributed by atoms with Gasteiger partial charge < -0.3 is 10.4 Å². The number of hydrogen-bond donors (Lipinski definition) is 2. The number of aliphatic carboxylic acids is 1. The zero-order valence-corrected chi connectivity index (χ0v) is 7.52. The van der Waals surface area contributed by atoms with Crippen molar-refractivity contribution in [2.24, 2.45) is 0 Å². The Hall–Kier alpha value is -1.10. The molecule has 5 heteroatoms. The van der Waals surface area contributed by atoms with Gasteiger partial charge in [0.1, 0.15) is 0 Å².